The van der Waals surface area contributed by atoms with Gasteiger partial charge in [0.2, 0.25) is 0 Å². The highest BCUT2D eigenvalue weighted by molar-refractivity contribution is 5.67. The molecule has 1 amide bonds. The number of nitrogens with one attached hydrogen (secondary N) is 2. The Kier molecular flexibility index (Phi) is 5.41. The van der Waals surface area contributed by atoms with Crippen LogP contribution in [0.25, 0.3) is 0 Å². The maximum atomic E-state index is 11.4. The van der Waals surface area contributed by atoms with Crippen LogP contribution in [0.5, 0.6) is 0 Å². The molecule has 0 saturated heterocycles. The molecule has 1 aliphatic carbocycles. The first-order chi connectivity index (χ1) is 8.37. The van der Waals surface area contributed by atoms with Gasteiger partial charge in [0.25, 0.3) is 0 Å². The second kappa shape index (κ2) is 6.38. The first kappa shape index (κ1) is 15.2. The van der Waals surface area contributed by atoms with E-state index in [2.05, 4.69) is 10.6 Å². The van der Waals surface area contributed by atoms with Crippen LogP contribution in [0.4, 0.5) is 4.79 Å². The molecule has 0 aromatic carbocycles. The van der Waals surface area contributed by atoms with Crippen molar-refractivity contribution in [2.45, 2.75) is 51.2 Å². The lowest BCUT2D eigenvalue weighted by Gasteiger charge is -2.40. The van der Waals surface area contributed by atoms with Gasteiger partial charge >= 0.3 is 6.09 Å². The van der Waals surface area contributed by atoms with Crippen LogP contribution < -0.4 is 10.6 Å². The van der Waals surface area contributed by atoms with E-state index in [0.29, 0.717) is 6.54 Å². The summed E-state index contributed by atoms with van der Waals surface area (Å²) in [5, 5.41) is 6.02. The second-order valence-corrected chi connectivity index (χ2v) is 5.85. The Morgan fingerprint density at radius 1 is 1.28 bits per heavy atom. The van der Waals surface area contributed by atoms with Crippen LogP contribution in [0.15, 0.2) is 0 Å². The van der Waals surface area contributed by atoms with Crippen molar-refractivity contribution >= 4 is 6.09 Å². The number of carbonyl (C=O) groups is 1. The number of alkyl carbamates (subject to hydrolysis) is 1. The summed E-state index contributed by atoms with van der Waals surface area (Å²) >= 11 is 0. The maximum absolute atomic E-state index is 11.4. The van der Waals surface area contributed by atoms with Crippen molar-refractivity contribution in [3.63, 3.8) is 0 Å². The molecular formula is C13H26N2O3. The van der Waals surface area contributed by atoms with Gasteiger partial charge in [-0.25, -0.2) is 4.79 Å². The van der Waals surface area contributed by atoms with Crippen molar-refractivity contribution in [2.24, 2.45) is 0 Å². The Morgan fingerprint density at radius 3 is 2.39 bits per heavy atom. The lowest BCUT2D eigenvalue weighted by molar-refractivity contribution is -0.0691. The molecule has 5 heteroatoms. The van der Waals surface area contributed by atoms with E-state index in [4.69, 9.17) is 9.47 Å². The van der Waals surface area contributed by atoms with Crippen molar-refractivity contribution < 1.29 is 14.3 Å². The minimum Gasteiger partial charge on any atom is -0.444 e. The third-order valence-electron chi connectivity index (χ3n) is 3.11. The standard InChI is InChI=1S/C13H26N2O3/c1-12(2,3)18-11(16)15-9-8-14-10-13(17-4)6-5-7-13/h14H,5-10H2,1-4H3,(H,15,16). The lowest BCUT2D eigenvalue weighted by atomic mass is 9.80. The molecule has 18 heavy (non-hydrogen) atoms. The summed E-state index contributed by atoms with van der Waals surface area (Å²) in [4.78, 5) is 11.4. The quantitative estimate of drug-likeness (QED) is 0.712. The van der Waals surface area contributed by atoms with E-state index in [1.807, 2.05) is 20.8 Å². The summed E-state index contributed by atoms with van der Waals surface area (Å²) < 4.78 is 10.6. The molecule has 0 spiro atoms. The topological polar surface area (TPSA) is 59.6 Å². The van der Waals surface area contributed by atoms with Gasteiger partial charge < -0.3 is 20.1 Å². The molecule has 1 rings (SSSR count). The number of carbonyl (C=O) groups excluding carboxylic acids is 1. The zero-order valence-electron chi connectivity index (χ0n) is 12.0. The van der Waals surface area contributed by atoms with Crippen LogP contribution in [-0.2, 0) is 9.47 Å². The molecule has 0 aromatic rings. The Balaban J connectivity index is 2.03. The van der Waals surface area contributed by atoms with Gasteiger partial charge in [0, 0.05) is 26.7 Å². The average Bonchev–Trinajstić information content (AvgIpc) is 2.18. The predicted octanol–water partition coefficient (Wildman–Crippen LogP) is 1.67. The van der Waals surface area contributed by atoms with Crippen molar-refractivity contribution in [1.29, 1.82) is 0 Å². The van der Waals surface area contributed by atoms with E-state index in [0.717, 1.165) is 25.9 Å². The molecule has 0 aromatic heterocycles. The van der Waals surface area contributed by atoms with Crippen LogP contribution in [0.2, 0.25) is 0 Å². The fraction of sp³-hybridized carbons (Fsp3) is 0.923. The molecule has 106 valence electrons. The van der Waals surface area contributed by atoms with Crippen LogP contribution >= 0.6 is 0 Å². The number of rotatable bonds is 6. The number of hydrogen-bond acceptors (Lipinski definition) is 4. The zero-order chi connectivity index (χ0) is 13.6. The zero-order valence-corrected chi connectivity index (χ0v) is 12.0. The monoisotopic (exact) mass is 258 g/mol. The van der Waals surface area contributed by atoms with Gasteiger partial charge in [0.15, 0.2) is 0 Å². The fourth-order valence-electron chi connectivity index (χ4n) is 1.91. The molecule has 2 N–H and O–H groups in total. The largest absolute Gasteiger partial charge is 0.444 e. The van der Waals surface area contributed by atoms with Crippen molar-refractivity contribution in [2.75, 3.05) is 26.7 Å². The second-order valence-electron chi connectivity index (χ2n) is 5.85. The highest BCUT2D eigenvalue weighted by Crippen LogP contribution is 2.34. The summed E-state index contributed by atoms with van der Waals surface area (Å²) in [6, 6.07) is 0. The van der Waals surface area contributed by atoms with Crippen molar-refractivity contribution in [3.8, 4) is 0 Å². The number of amides is 1. The van der Waals surface area contributed by atoms with Gasteiger partial charge in [-0.05, 0) is 40.0 Å². The van der Waals surface area contributed by atoms with Gasteiger partial charge in [0.1, 0.15) is 5.60 Å². The molecule has 0 radical (unpaired) electrons. The summed E-state index contributed by atoms with van der Waals surface area (Å²) in [5.41, 5.74) is -0.407. The summed E-state index contributed by atoms with van der Waals surface area (Å²) in [6.45, 7) is 7.69. The van der Waals surface area contributed by atoms with E-state index < -0.39 is 5.60 Å². The van der Waals surface area contributed by atoms with E-state index in [-0.39, 0.29) is 11.7 Å². The van der Waals surface area contributed by atoms with Crippen molar-refractivity contribution in [3.05, 3.63) is 0 Å². The predicted molar refractivity (Wildman–Crippen MR) is 70.7 cm³/mol. The average molecular weight is 258 g/mol. The first-order valence-electron chi connectivity index (χ1n) is 6.60. The summed E-state index contributed by atoms with van der Waals surface area (Å²) in [5.74, 6) is 0. The Morgan fingerprint density at radius 2 is 1.94 bits per heavy atom. The van der Waals surface area contributed by atoms with Gasteiger partial charge in [-0.15, -0.1) is 0 Å². The fourth-order valence-corrected chi connectivity index (χ4v) is 1.91. The maximum Gasteiger partial charge on any atom is 0.407 e. The molecule has 0 unspecified atom stereocenters. The Bertz CT molecular complexity index is 264. The SMILES string of the molecule is COC1(CNCCNC(=O)OC(C)(C)C)CCC1. The molecule has 0 atom stereocenters. The minimum atomic E-state index is -0.441. The van der Waals surface area contributed by atoms with Crippen LogP contribution in [0.1, 0.15) is 40.0 Å². The minimum absolute atomic E-state index is 0.0336. The molecule has 1 fully saturated rings. The number of hydrogen-bond donors (Lipinski definition) is 2. The van der Waals surface area contributed by atoms with E-state index in [1.165, 1.54) is 6.42 Å². The van der Waals surface area contributed by atoms with Crippen molar-refractivity contribution in [1.82, 2.24) is 10.6 Å². The summed E-state index contributed by atoms with van der Waals surface area (Å²) in [7, 11) is 1.76. The highest BCUT2D eigenvalue weighted by Gasteiger charge is 2.36. The van der Waals surface area contributed by atoms with Gasteiger partial charge in [-0.1, -0.05) is 0 Å². The smallest absolute Gasteiger partial charge is 0.407 e. The number of ether oxygens (including phenoxy) is 2. The van der Waals surface area contributed by atoms with E-state index >= 15 is 0 Å². The molecule has 0 bridgehead atoms. The van der Waals surface area contributed by atoms with Gasteiger partial charge in [-0.3, -0.25) is 0 Å². The molecule has 1 saturated carbocycles. The van der Waals surface area contributed by atoms with Gasteiger partial charge in [0.05, 0.1) is 5.60 Å². The van der Waals surface area contributed by atoms with Crippen LogP contribution in [-0.4, -0.2) is 44.0 Å². The van der Waals surface area contributed by atoms with Crippen LogP contribution in [0.3, 0.4) is 0 Å². The molecule has 0 aliphatic heterocycles. The molecule has 0 heterocycles. The third kappa shape index (κ3) is 5.23. The van der Waals surface area contributed by atoms with E-state index in [1.54, 1.807) is 7.11 Å². The Hall–Kier alpha value is -0.810. The number of methoxy groups -OCH3 is 1. The molecule has 1 aliphatic rings. The van der Waals surface area contributed by atoms with Crippen LogP contribution in [0, 0.1) is 0 Å². The summed E-state index contributed by atoms with van der Waals surface area (Å²) in [6.07, 6.45) is 3.12. The first-order valence-corrected chi connectivity index (χ1v) is 6.60. The molecule has 5 nitrogen and oxygen atoms in total. The normalized spacial score (nSPS) is 18.0. The van der Waals surface area contributed by atoms with E-state index in [9.17, 15) is 4.79 Å². The van der Waals surface area contributed by atoms with Gasteiger partial charge in [-0.2, -0.15) is 0 Å². The third-order valence-corrected chi connectivity index (χ3v) is 3.11. The Labute approximate surface area is 110 Å². The highest BCUT2D eigenvalue weighted by atomic mass is 16.6. The molecular weight excluding hydrogens is 232 g/mol. The lowest BCUT2D eigenvalue weighted by Crippen LogP contribution is -2.49.